The summed E-state index contributed by atoms with van der Waals surface area (Å²) in [5.74, 6) is 0.571. The summed E-state index contributed by atoms with van der Waals surface area (Å²) < 4.78 is 5.12. The number of nitrogens with one attached hydrogen (secondary N) is 2. The molecule has 1 aromatic carbocycles. The molecule has 3 rings (SSSR count). The molecule has 2 aromatic rings. The molecule has 1 aliphatic carbocycles. The maximum Gasteiger partial charge on any atom is 0.136 e. The number of methoxy groups -OCH3 is 1. The number of H-pyrrole nitrogens is 1. The Morgan fingerprint density at radius 3 is 2.95 bits per heavy atom. The van der Waals surface area contributed by atoms with Crippen LogP contribution in [0.2, 0.25) is 0 Å². The molecule has 0 fully saturated rings. The Balaban J connectivity index is 2.09. The average Bonchev–Trinajstić information content (AvgIpc) is 2.86. The van der Waals surface area contributed by atoms with Gasteiger partial charge in [-0.15, -0.1) is 0 Å². The van der Waals surface area contributed by atoms with E-state index in [1.54, 1.807) is 7.11 Å². The van der Waals surface area contributed by atoms with Crippen molar-refractivity contribution in [2.75, 3.05) is 7.11 Å². The van der Waals surface area contributed by atoms with E-state index in [2.05, 4.69) is 36.2 Å². The average molecular weight is 280 g/mol. The molecule has 0 atom stereocenters. The third-order valence-electron chi connectivity index (χ3n) is 4.08. The maximum atomic E-state index is 7.28. The van der Waals surface area contributed by atoms with Crippen LogP contribution >= 0.6 is 0 Å². The standard InChI is InChI=1S/C18H20N2O/c1-12-6-9-15-16-5-3-4-13(7-8-14(11-19)21-2)18(16)20-17(15)10-12/h6-11,19-20H,3-5H2,1-2H3/b13-7+,14-8+,19-11?. The molecule has 0 radical (unpaired) electrons. The Morgan fingerprint density at radius 2 is 2.19 bits per heavy atom. The lowest BCUT2D eigenvalue weighted by Gasteiger charge is -2.15. The van der Waals surface area contributed by atoms with Gasteiger partial charge in [0.15, 0.2) is 0 Å². The first kappa shape index (κ1) is 13.7. The number of aromatic amines is 1. The van der Waals surface area contributed by atoms with Gasteiger partial charge in [0.05, 0.1) is 13.3 Å². The number of rotatable bonds is 3. The number of benzene rings is 1. The number of allylic oxidation sites excluding steroid dienone is 4. The lowest BCUT2D eigenvalue weighted by Crippen LogP contribution is -2.00. The molecule has 0 saturated heterocycles. The van der Waals surface area contributed by atoms with E-state index in [0.717, 1.165) is 12.8 Å². The molecule has 0 spiro atoms. The highest BCUT2D eigenvalue weighted by atomic mass is 16.5. The van der Waals surface area contributed by atoms with Gasteiger partial charge in [-0.3, -0.25) is 0 Å². The van der Waals surface area contributed by atoms with E-state index in [4.69, 9.17) is 10.1 Å². The van der Waals surface area contributed by atoms with E-state index < -0.39 is 0 Å². The summed E-state index contributed by atoms with van der Waals surface area (Å²) >= 11 is 0. The molecule has 0 saturated carbocycles. The molecule has 3 nitrogen and oxygen atoms in total. The Morgan fingerprint density at radius 1 is 1.33 bits per heavy atom. The minimum absolute atomic E-state index is 0.571. The largest absolute Gasteiger partial charge is 0.495 e. The predicted octanol–water partition coefficient (Wildman–Crippen LogP) is 4.38. The summed E-state index contributed by atoms with van der Waals surface area (Å²) in [4.78, 5) is 3.57. The van der Waals surface area contributed by atoms with Gasteiger partial charge in [0.2, 0.25) is 0 Å². The summed E-state index contributed by atoms with van der Waals surface area (Å²) in [5.41, 5.74) is 6.46. The summed E-state index contributed by atoms with van der Waals surface area (Å²) in [5, 5.41) is 8.62. The van der Waals surface area contributed by atoms with Gasteiger partial charge >= 0.3 is 0 Å². The molecular weight excluding hydrogens is 260 g/mol. The summed E-state index contributed by atoms with van der Waals surface area (Å²) in [6.07, 6.45) is 8.53. The van der Waals surface area contributed by atoms with E-state index in [-0.39, 0.29) is 0 Å². The number of ether oxygens (including phenoxy) is 1. The number of hydrogen-bond acceptors (Lipinski definition) is 2. The Hall–Kier alpha value is -2.29. The summed E-state index contributed by atoms with van der Waals surface area (Å²) in [6, 6.07) is 6.60. The predicted molar refractivity (Wildman–Crippen MR) is 87.8 cm³/mol. The van der Waals surface area contributed by atoms with Crippen LogP contribution in [-0.4, -0.2) is 18.3 Å². The second-order valence-corrected chi connectivity index (χ2v) is 5.49. The van der Waals surface area contributed by atoms with Crippen LogP contribution in [0.3, 0.4) is 0 Å². The molecular formula is C18H20N2O. The first-order valence-electron chi connectivity index (χ1n) is 7.30. The molecule has 0 aliphatic heterocycles. The second-order valence-electron chi connectivity index (χ2n) is 5.49. The number of fused-ring (bicyclic) bond motifs is 3. The fourth-order valence-corrected chi connectivity index (χ4v) is 3.01. The molecule has 3 heteroatoms. The van der Waals surface area contributed by atoms with Crippen LogP contribution in [0.15, 0.2) is 36.1 Å². The van der Waals surface area contributed by atoms with Crippen LogP contribution in [0, 0.1) is 12.3 Å². The molecule has 0 amide bonds. The zero-order chi connectivity index (χ0) is 14.8. The zero-order valence-electron chi connectivity index (χ0n) is 12.5. The van der Waals surface area contributed by atoms with Crippen LogP contribution in [0.25, 0.3) is 16.5 Å². The van der Waals surface area contributed by atoms with Gasteiger partial charge in [0.25, 0.3) is 0 Å². The fraction of sp³-hybridized carbons (Fsp3) is 0.278. The van der Waals surface area contributed by atoms with Gasteiger partial charge in [-0.25, -0.2) is 0 Å². The van der Waals surface area contributed by atoms with Crippen molar-refractivity contribution >= 4 is 22.7 Å². The fourth-order valence-electron chi connectivity index (χ4n) is 3.01. The Kier molecular flexibility index (Phi) is 3.65. The molecule has 1 heterocycles. The first-order chi connectivity index (χ1) is 10.2. The van der Waals surface area contributed by atoms with E-state index in [0.29, 0.717) is 5.76 Å². The van der Waals surface area contributed by atoms with Gasteiger partial charge < -0.3 is 15.1 Å². The van der Waals surface area contributed by atoms with Crippen LogP contribution in [0.5, 0.6) is 0 Å². The Labute approximate surface area is 124 Å². The molecule has 0 unspecified atom stereocenters. The van der Waals surface area contributed by atoms with Crippen molar-refractivity contribution in [3.63, 3.8) is 0 Å². The van der Waals surface area contributed by atoms with Crippen molar-refractivity contribution in [2.45, 2.75) is 26.2 Å². The molecule has 2 N–H and O–H groups in total. The van der Waals surface area contributed by atoms with E-state index >= 15 is 0 Å². The number of hydrogen-bond donors (Lipinski definition) is 2. The zero-order valence-corrected chi connectivity index (χ0v) is 12.5. The summed E-state index contributed by atoms with van der Waals surface area (Å²) in [7, 11) is 1.59. The highest BCUT2D eigenvalue weighted by Gasteiger charge is 2.18. The van der Waals surface area contributed by atoms with Gasteiger partial charge in [0.1, 0.15) is 5.76 Å². The molecule has 108 valence electrons. The lowest BCUT2D eigenvalue weighted by molar-refractivity contribution is 0.317. The van der Waals surface area contributed by atoms with Gasteiger partial charge in [-0.1, -0.05) is 18.2 Å². The molecule has 1 aromatic heterocycles. The molecule has 0 bridgehead atoms. The highest BCUT2D eigenvalue weighted by molar-refractivity contribution is 5.90. The topological polar surface area (TPSA) is 48.9 Å². The Bertz CT molecular complexity index is 750. The van der Waals surface area contributed by atoms with Crippen molar-refractivity contribution in [1.29, 1.82) is 5.41 Å². The van der Waals surface area contributed by atoms with Crippen LogP contribution < -0.4 is 0 Å². The third-order valence-corrected chi connectivity index (χ3v) is 4.08. The quantitative estimate of drug-likeness (QED) is 0.636. The van der Waals surface area contributed by atoms with E-state index in [9.17, 15) is 0 Å². The smallest absolute Gasteiger partial charge is 0.136 e. The maximum absolute atomic E-state index is 7.28. The summed E-state index contributed by atoms with van der Waals surface area (Å²) in [6.45, 7) is 2.12. The van der Waals surface area contributed by atoms with Gasteiger partial charge in [-0.05, 0) is 55.0 Å². The van der Waals surface area contributed by atoms with Crippen molar-refractivity contribution in [1.82, 2.24) is 4.98 Å². The van der Waals surface area contributed by atoms with Crippen LogP contribution in [0.1, 0.15) is 29.7 Å². The number of aromatic nitrogens is 1. The molecule has 21 heavy (non-hydrogen) atoms. The number of aryl methyl sites for hydroxylation is 2. The monoisotopic (exact) mass is 280 g/mol. The van der Waals surface area contributed by atoms with Crippen LogP contribution in [-0.2, 0) is 11.2 Å². The van der Waals surface area contributed by atoms with Gasteiger partial charge in [0, 0.05) is 16.6 Å². The van der Waals surface area contributed by atoms with Gasteiger partial charge in [-0.2, -0.15) is 0 Å². The van der Waals surface area contributed by atoms with E-state index in [1.165, 1.54) is 45.9 Å². The normalized spacial score (nSPS) is 17.0. The second kappa shape index (κ2) is 5.60. The van der Waals surface area contributed by atoms with E-state index in [1.807, 2.05) is 6.08 Å². The van der Waals surface area contributed by atoms with Crippen LogP contribution in [0.4, 0.5) is 0 Å². The molecule has 1 aliphatic rings. The third kappa shape index (κ3) is 2.51. The van der Waals surface area contributed by atoms with Crippen molar-refractivity contribution in [3.05, 3.63) is 52.9 Å². The lowest BCUT2D eigenvalue weighted by atomic mass is 9.91. The van der Waals surface area contributed by atoms with Crippen molar-refractivity contribution < 1.29 is 4.74 Å². The highest BCUT2D eigenvalue weighted by Crippen LogP contribution is 2.35. The SMILES string of the molecule is CO/C(C=N)=C/C=C1\CCCc2c1[nH]c1cc(C)ccc21. The van der Waals surface area contributed by atoms with Crippen molar-refractivity contribution in [2.24, 2.45) is 0 Å². The first-order valence-corrected chi connectivity index (χ1v) is 7.30. The minimum atomic E-state index is 0.571. The minimum Gasteiger partial charge on any atom is -0.495 e. The van der Waals surface area contributed by atoms with Crippen molar-refractivity contribution in [3.8, 4) is 0 Å².